The molecule has 0 saturated carbocycles. The molecule has 4 nitrogen and oxygen atoms in total. The SMILES string of the molecule is C[N+]1=C(C=CC=CC=C2N(CCCCCC(=O)O)c3ccc4ccccc4c3C2(C)C)C(C)(C)c2c1ccc1ccccc21. The first-order valence-electron chi connectivity index (χ1n) is 15.8. The molecule has 0 radical (unpaired) electrons. The van der Waals surface area contributed by atoms with E-state index in [1.165, 1.54) is 55.5 Å². The molecule has 0 fully saturated rings. The summed E-state index contributed by atoms with van der Waals surface area (Å²) in [6.07, 6.45) is 13.8. The molecule has 2 aliphatic heterocycles. The highest BCUT2D eigenvalue weighted by molar-refractivity contribution is 6.07. The van der Waals surface area contributed by atoms with Crippen molar-refractivity contribution in [1.82, 2.24) is 0 Å². The molecule has 0 aliphatic carbocycles. The summed E-state index contributed by atoms with van der Waals surface area (Å²) in [6, 6.07) is 26.3. The Bertz CT molecular complexity index is 1890. The van der Waals surface area contributed by atoms with E-state index < -0.39 is 5.97 Å². The standard InChI is InChI=1S/C40H42N2O2/c1-39(2)34(41(5)32-25-23-28-16-11-13-18-30(28)37(32)39)20-8-6-9-21-35-40(3,4)38-31-19-14-12-17-29(31)24-26-33(38)42(35)27-15-7-10-22-36(43)44/h6,8-9,11-14,16-21,23-26H,7,10,15,22,27H2,1-5H3/p+1. The number of anilines is 1. The van der Waals surface area contributed by atoms with Crippen molar-refractivity contribution in [2.75, 3.05) is 18.5 Å². The quantitative estimate of drug-likeness (QED) is 0.121. The van der Waals surface area contributed by atoms with Crippen molar-refractivity contribution in [3.8, 4) is 0 Å². The van der Waals surface area contributed by atoms with E-state index >= 15 is 0 Å². The topological polar surface area (TPSA) is 43.5 Å². The van der Waals surface area contributed by atoms with Gasteiger partial charge in [0, 0.05) is 47.5 Å². The maximum atomic E-state index is 11.0. The van der Waals surface area contributed by atoms with Gasteiger partial charge in [-0.25, -0.2) is 0 Å². The number of benzene rings is 4. The molecule has 4 aromatic rings. The largest absolute Gasteiger partial charge is 0.481 e. The molecule has 0 unspecified atom stereocenters. The van der Waals surface area contributed by atoms with Gasteiger partial charge >= 0.3 is 5.97 Å². The van der Waals surface area contributed by atoms with Gasteiger partial charge in [-0.2, -0.15) is 4.58 Å². The Morgan fingerprint density at radius 1 is 0.773 bits per heavy atom. The lowest BCUT2D eigenvalue weighted by atomic mass is 9.79. The van der Waals surface area contributed by atoms with Gasteiger partial charge in [-0.15, -0.1) is 0 Å². The Morgan fingerprint density at radius 3 is 2.14 bits per heavy atom. The van der Waals surface area contributed by atoms with E-state index in [1.54, 1.807) is 0 Å². The minimum Gasteiger partial charge on any atom is -0.481 e. The van der Waals surface area contributed by atoms with Crippen LogP contribution < -0.4 is 4.90 Å². The van der Waals surface area contributed by atoms with E-state index in [4.69, 9.17) is 5.11 Å². The highest BCUT2D eigenvalue weighted by atomic mass is 16.4. The van der Waals surface area contributed by atoms with E-state index in [0.29, 0.717) is 6.42 Å². The van der Waals surface area contributed by atoms with Crippen LogP contribution in [0.3, 0.4) is 0 Å². The van der Waals surface area contributed by atoms with Crippen LogP contribution in [0.4, 0.5) is 11.4 Å². The molecule has 2 aliphatic rings. The molecule has 0 spiro atoms. The van der Waals surface area contributed by atoms with Gasteiger partial charge in [0.2, 0.25) is 5.69 Å². The minimum absolute atomic E-state index is 0.110. The predicted octanol–water partition coefficient (Wildman–Crippen LogP) is 9.44. The highest BCUT2D eigenvalue weighted by Gasteiger charge is 2.44. The molecule has 0 bridgehead atoms. The van der Waals surface area contributed by atoms with E-state index in [-0.39, 0.29) is 17.3 Å². The van der Waals surface area contributed by atoms with Gasteiger partial charge in [-0.05, 0) is 72.0 Å². The van der Waals surface area contributed by atoms with Crippen molar-refractivity contribution >= 4 is 44.6 Å². The van der Waals surface area contributed by atoms with Gasteiger partial charge < -0.3 is 10.0 Å². The number of nitrogens with zero attached hydrogens (tertiary/aromatic N) is 2. The summed E-state index contributed by atoms with van der Waals surface area (Å²) >= 11 is 0. The zero-order valence-corrected chi connectivity index (χ0v) is 26.6. The van der Waals surface area contributed by atoms with Gasteiger partial charge in [0.05, 0.1) is 5.41 Å². The monoisotopic (exact) mass is 583 g/mol. The van der Waals surface area contributed by atoms with Crippen LogP contribution in [0.5, 0.6) is 0 Å². The third-order valence-corrected chi connectivity index (χ3v) is 9.65. The Kier molecular flexibility index (Phi) is 7.79. The van der Waals surface area contributed by atoms with Crippen LogP contribution >= 0.6 is 0 Å². The molecule has 0 aromatic heterocycles. The minimum atomic E-state index is -0.717. The normalized spacial score (nSPS) is 17.9. The third-order valence-electron chi connectivity index (χ3n) is 9.65. The van der Waals surface area contributed by atoms with Crippen LogP contribution in [0, 0.1) is 0 Å². The number of aliphatic carboxylic acids is 1. The number of hydrogen-bond acceptors (Lipinski definition) is 2. The molecule has 4 aromatic carbocycles. The number of carboxylic acid groups (broad SMARTS) is 1. The molecule has 2 heterocycles. The Balaban J connectivity index is 1.29. The van der Waals surface area contributed by atoms with E-state index in [2.05, 4.69) is 147 Å². The second-order valence-corrected chi connectivity index (χ2v) is 13.2. The van der Waals surface area contributed by atoms with Crippen molar-refractivity contribution in [3.05, 3.63) is 120 Å². The third kappa shape index (κ3) is 5.06. The van der Waals surface area contributed by atoms with E-state index in [9.17, 15) is 4.79 Å². The van der Waals surface area contributed by atoms with Crippen LogP contribution in [0.2, 0.25) is 0 Å². The summed E-state index contributed by atoms with van der Waals surface area (Å²) in [5.74, 6) is -0.717. The highest BCUT2D eigenvalue weighted by Crippen LogP contribution is 2.51. The number of carboxylic acids is 1. The summed E-state index contributed by atoms with van der Waals surface area (Å²) in [7, 11) is 2.17. The van der Waals surface area contributed by atoms with Gasteiger partial charge in [0.15, 0.2) is 5.71 Å². The maximum absolute atomic E-state index is 11.0. The smallest absolute Gasteiger partial charge is 0.303 e. The van der Waals surface area contributed by atoms with Gasteiger partial charge in [0.1, 0.15) is 7.05 Å². The zero-order chi connectivity index (χ0) is 31.1. The predicted molar refractivity (Wildman–Crippen MR) is 185 cm³/mol. The number of hydrogen-bond donors (Lipinski definition) is 1. The summed E-state index contributed by atoms with van der Waals surface area (Å²) in [6.45, 7) is 10.2. The number of unbranched alkanes of at least 4 members (excludes halogenated alkanes) is 2. The molecule has 0 atom stereocenters. The summed E-state index contributed by atoms with van der Waals surface area (Å²) in [5.41, 5.74) is 7.57. The van der Waals surface area contributed by atoms with Crippen molar-refractivity contribution in [1.29, 1.82) is 0 Å². The lowest BCUT2D eigenvalue weighted by molar-refractivity contribution is -0.401. The van der Waals surface area contributed by atoms with Crippen molar-refractivity contribution in [3.63, 3.8) is 0 Å². The molecular weight excluding hydrogens is 540 g/mol. The average Bonchev–Trinajstić information content (AvgIpc) is 3.34. The second kappa shape index (κ2) is 11.6. The number of fused-ring (bicyclic) bond motifs is 6. The van der Waals surface area contributed by atoms with Crippen molar-refractivity contribution in [2.45, 2.75) is 64.2 Å². The molecule has 6 rings (SSSR count). The van der Waals surface area contributed by atoms with Crippen LogP contribution in [-0.4, -0.2) is 35.0 Å². The first-order chi connectivity index (χ1) is 21.1. The van der Waals surface area contributed by atoms with Gasteiger partial charge in [-0.1, -0.05) is 93.1 Å². The van der Waals surface area contributed by atoms with Gasteiger partial charge in [0.25, 0.3) is 0 Å². The molecule has 1 N–H and O–H groups in total. The van der Waals surface area contributed by atoms with E-state index in [0.717, 1.165) is 19.4 Å². The average molecular weight is 584 g/mol. The Labute approximate surface area is 261 Å². The van der Waals surface area contributed by atoms with Crippen LogP contribution in [0.25, 0.3) is 21.5 Å². The lowest BCUT2D eigenvalue weighted by Crippen LogP contribution is -2.27. The number of allylic oxidation sites excluding steroid dienone is 6. The van der Waals surface area contributed by atoms with Crippen molar-refractivity contribution < 1.29 is 14.5 Å². The lowest BCUT2D eigenvalue weighted by Gasteiger charge is -2.27. The first kappa shape index (κ1) is 29.6. The number of rotatable bonds is 9. The van der Waals surface area contributed by atoms with E-state index in [1.807, 2.05) is 0 Å². The molecule has 0 saturated heterocycles. The molecular formula is C40H43N2O2+. The molecule has 4 heteroatoms. The fourth-order valence-corrected chi connectivity index (χ4v) is 7.55. The Hall–Kier alpha value is -4.44. The van der Waals surface area contributed by atoms with Crippen LogP contribution in [0.1, 0.15) is 64.5 Å². The molecule has 224 valence electrons. The van der Waals surface area contributed by atoms with Gasteiger partial charge in [-0.3, -0.25) is 4.79 Å². The zero-order valence-electron chi connectivity index (χ0n) is 26.6. The first-order valence-corrected chi connectivity index (χ1v) is 15.8. The summed E-state index contributed by atoms with van der Waals surface area (Å²) in [5, 5.41) is 14.2. The molecule has 44 heavy (non-hydrogen) atoms. The van der Waals surface area contributed by atoms with Crippen LogP contribution in [-0.2, 0) is 15.6 Å². The second-order valence-electron chi connectivity index (χ2n) is 13.2. The van der Waals surface area contributed by atoms with Crippen LogP contribution in [0.15, 0.2) is 109 Å². The molecule has 0 amide bonds. The fourth-order valence-electron chi connectivity index (χ4n) is 7.55. The van der Waals surface area contributed by atoms with Crippen molar-refractivity contribution in [2.24, 2.45) is 0 Å². The fraction of sp³-hybridized carbons (Fsp3) is 0.300. The summed E-state index contributed by atoms with van der Waals surface area (Å²) < 4.78 is 2.33. The Morgan fingerprint density at radius 2 is 1.43 bits per heavy atom. The summed E-state index contributed by atoms with van der Waals surface area (Å²) in [4.78, 5) is 13.5. The number of carbonyl (C=O) groups is 1. The maximum Gasteiger partial charge on any atom is 0.303 e.